The summed E-state index contributed by atoms with van der Waals surface area (Å²) in [6.07, 6.45) is 1.24. The third-order valence-corrected chi connectivity index (χ3v) is 3.92. The first kappa shape index (κ1) is 11.2. The first-order valence-corrected chi connectivity index (χ1v) is 5.73. The van der Waals surface area contributed by atoms with Crippen LogP contribution in [0, 0.1) is 25.2 Å². The Hall–Kier alpha value is -1.25. The van der Waals surface area contributed by atoms with Crippen LogP contribution in [-0.2, 0) is 6.54 Å². The lowest BCUT2D eigenvalue weighted by atomic mass is 10.1. The highest BCUT2D eigenvalue weighted by Crippen LogP contribution is 2.52. The monoisotopic (exact) mass is 221 g/mol. The molecule has 0 amide bonds. The minimum absolute atomic E-state index is 0.437. The summed E-state index contributed by atoms with van der Waals surface area (Å²) in [7, 11) is 0. The molecule has 1 saturated carbocycles. The van der Waals surface area contributed by atoms with E-state index in [1.165, 1.54) is 6.42 Å². The summed E-state index contributed by atoms with van der Waals surface area (Å²) in [5, 5.41) is 9.04. The number of rotatable bonds is 3. The van der Waals surface area contributed by atoms with E-state index in [-0.39, 0.29) is 0 Å². The Kier molecular flexibility index (Phi) is 2.37. The summed E-state index contributed by atoms with van der Waals surface area (Å²) < 4.78 is 2.14. The average Bonchev–Trinajstić information content (AvgIpc) is 2.66. The molecular formula is C13H19NO2. The number of hydrogen-bond donors (Lipinski definition) is 1. The van der Waals surface area contributed by atoms with Gasteiger partial charge in [0.2, 0.25) is 0 Å². The number of carbonyl (C=O) groups is 1. The zero-order valence-corrected chi connectivity index (χ0v) is 10.4. The number of aryl methyl sites for hydroxylation is 1. The molecule has 0 radical (unpaired) electrons. The van der Waals surface area contributed by atoms with Gasteiger partial charge in [-0.2, -0.15) is 0 Å². The summed E-state index contributed by atoms with van der Waals surface area (Å²) in [6.45, 7) is 9.37. The summed E-state index contributed by atoms with van der Waals surface area (Å²) in [5.74, 6) is -0.131. The molecule has 0 bridgehead atoms. The predicted octanol–water partition coefficient (Wildman–Crippen LogP) is 2.85. The highest BCUT2D eigenvalue weighted by molar-refractivity contribution is 5.89. The van der Waals surface area contributed by atoms with Crippen molar-refractivity contribution in [1.82, 2.24) is 4.57 Å². The van der Waals surface area contributed by atoms with Crippen LogP contribution in [0.25, 0.3) is 0 Å². The van der Waals surface area contributed by atoms with Crippen molar-refractivity contribution in [2.24, 2.45) is 11.3 Å². The van der Waals surface area contributed by atoms with E-state index < -0.39 is 5.97 Å². The normalized spacial score (nSPS) is 22.1. The van der Waals surface area contributed by atoms with Gasteiger partial charge in [-0.05, 0) is 37.7 Å². The van der Waals surface area contributed by atoms with Gasteiger partial charge in [-0.15, -0.1) is 0 Å². The van der Waals surface area contributed by atoms with Crippen LogP contribution in [-0.4, -0.2) is 15.6 Å². The molecule has 0 spiro atoms. The van der Waals surface area contributed by atoms with E-state index in [0.29, 0.717) is 16.9 Å². The maximum atomic E-state index is 11.0. The predicted molar refractivity (Wildman–Crippen MR) is 62.8 cm³/mol. The van der Waals surface area contributed by atoms with E-state index in [2.05, 4.69) is 18.4 Å². The Labute approximate surface area is 96.1 Å². The topological polar surface area (TPSA) is 42.2 Å². The molecule has 1 unspecified atom stereocenters. The molecule has 1 aliphatic rings. The van der Waals surface area contributed by atoms with Crippen LogP contribution >= 0.6 is 0 Å². The van der Waals surface area contributed by atoms with E-state index in [1.807, 2.05) is 13.8 Å². The third-order valence-electron chi connectivity index (χ3n) is 3.92. The lowest BCUT2D eigenvalue weighted by molar-refractivity contribution is 0.0696. The minimum atomic E-state index is -0.825. The Morgan fingerprint density at radius 1 is 1.56 bits per heavy atom. The molecule has 3 heteroatoms. The van der Waals surface area contributed by atoms with E-state index in [0.717, 1.165) is 17.9 Å². The second kappa shape index (κ2) is 3.37. The number of carboxylic acids is 1. The molecule has 1 atom stereocenters. The van der Waals surface area contributed by atoms with Crippen LogP contribution in [0.4, 0.5) is 0 Å². The van der Waals surface area contributed by atoms with Crippen LogP contribution in [0.3, 0.4) is 0 Å². The van der Waals surface area contributed by atoms with Crippen molar-refractivity contribution in [2.45, 2.75) is 40.7 Å². The molecule has 1 aliphatic carbocycles. The fourth-order valence-corrected chi connectivity index (χ4v) is 2.41. The summed E-state index contributed by atoms with van der Waals surface area (Å²) in [4.78, 5) is 11.0. The number of aromatic carboxylic acids is 1. The third kappa shape index (κ3) is 1.75. The van der Waals surface area contributed by atoms with Gasteiger partial charge in [0, 0.05) is 17.9 Å². The van der Waals surface area contributed by atoms with Crippen molar-refractivity contribution in [3.8, 4) is 0 Å². The van der Waals surface area contributed by atoms with E-state index in [1.54, 1.807) is 6.07 Å². The van der Waals surface area contributed by atoms with Gasteiger partial charge in [-0.1, -0.05) is 13.8 Å². The first-order valence-electron chi connectivity index (χ1n) is 5.73. The number of carboxylic acid groups (broad SMARTS) is 1. The van der Waals surface area contributed by atoms with E-state index >= 15 is 0 Å². The molecule has 0 aromatic carbocycles. The van der Waals surface area contributed by atoms with Crippen molar-refractivity contribution in [2.75, 3.05) is 0 Å². The van der Waals surface area contributed by atoms with Crippen LogP contribution in [0.1, 0.15) is 42.0 Å². The van der Waals surface area contributed by atoms with Crippen molar-refractivity contribution in [3.05, 3.63) is 23.0 Å². The van der Waals surface area contributed by atoms with Gasteiger partial charge >= 0.3 is 5.97 Å². The second-order valence-electron chi connectivity index (χ2n) is 5.59. The van der Waals surface area contributed by atoms with Gasteiger partial charge in [-0.25, -0.2) is 4.79 Å². The molecule has 16 heavy (non-hydrogen) atoms. The van der Waals surface area contributed by atoms with Crippen LogP contribution < -0.4 is 0 Å². The Morgan fingerprint density at radius 3 is 2.50 bits per heavy atom. The SMILES string of the molecule is Cc1cc(C(=O)O)c(C)n1CC1CC1(C)C. The zero-order valence-electron chi connectivity index (χ0n) is 10.4. The fourth-order valence-electron chi connectivity index (χ4n) is 2.41. The van der Waals surface area contributed by atoms with Crippen LogP contribution in [0.5, 0.6) is 0 Å². The minimum Gasteiger partial charge on any atom is -0.478 e. The Bertz CT molecular complexity index is 443. The molecule has 0 saturated heterocycles. The van der Waals surface area contributed by atoms with Crippen LogP contribution in [0.15, 0.2) is 6.07 Å². The molecule has 0 aliphatic heterocycles. The van der Waals surface area contributed by atoms with Crippen molar-refractivity contribution < 1.29 is 9.90 Å². The molecule has 3 nitrogen and oxygen atoms in total. The summed E-state index contributed by atoms with van der Waals surface area (Å²) in [6, 6.07) is 1.77. The van der Waals surface area contributed by atoms with Gasteiger partial charge in [0.15, 0.2) is 0 Å². The molecular weight excluding hydrogens is 202 g/mol. The molecule has 1 aromatic rings. The Balaban J connectivity index is 2.25. The summed E-state index contributed by atoms with van der Waals surface area (Å²) in [5.41, 5.74) is 2.81. The molecule has 1 fully saturated rings. The van der Waals surface area contributed by atoms with Crippen molar-refractivity contribution >= 4 is 5.97 Å². The fraction of sp³-hybridized carbons (Fsp3) is 0.615. The van der Waals surface area contributed by atoms with Gasteiger partial charge in [0.25, 0.3) is 0 Å². The van der Waals surface area contributed by atoms with E-state index in [9.17, 15) is 4.79 Å². The number of aromatic nitrogens is 1. The molecule has 88 valence electrons. The largest absolute Gasteiger partial charge is 0.478 e. The van der Waals surface area contributed by atoms with Gasteiger partial charge in [0.1, 0.15) is 0 Å². The van der Waals surface area contributed by atoms with Gasteiger partial charge < -0.3 is 9.67 Å². The summed E-state index contributed by atoms with van der Waals surface area (Å²) >= 11 is 0. The van der Waals surface area contributed by atoms with E-state index in [4.69, 9.17) is 5.11 Å². The van der Waals surface area contributed by atoms with Gasteiger partial charge in [-0.3, -0.25) is 0 Å². The maximum absolute atomic E-state index is 11.0. The maximum Gasteiger partial charge on any atom is 0.337 e. The van der Waals surface area contributed by atoms with Crippen LogP contribution in [0.2, 0.25) is 0 Å². The lowest BCUT2D eigenvalue weighted by Gasteiger charge is -2.10. The molecule has 1 heterocycles. The van der Waals surface area contributed by atoms with Crippen molar-refractivity contribution in [3.63, 3.8) is 0 Å². The lowest BCUT2D eigenvalue weighted by Crippen LogP contribution is -2.08. The first-order chi connectivity index (χ1) is 7.33. The number of nitrogens with zero attached hydrogens (tertiary/aromatic N) is 1. The average molecular weight is 221 g/mol. The van der Waals surface area contributed by atoms with Crippen molar-refractivity contribution in [1.29, 1.82) is 0 Å². The zero-order chi connectivity index (χ0) is 12.1. The molecule has 1 N–H and O–H groups in total. The number of hydrogen-bond acceptors (Lipinski definition) is 1. The molecule has 1 aromatic heterocycles. The standard InChI is InChI=1S/C13H19NO2/c1-8-5-11(12(15)16)9(2)14(8)7-10-6-13(10,3)4/h5,10H,6-7H2,1-4H3,(H,15,16). The smallest absolute Gasteiger partial charge is 0.337 e. The quantitative estimate of drug-likeness (QED) is 0.852. The molecule has 2 rings (SSSR count). The second-order valence-corrected chi connectivity index (χ2v) is 5.59. The highest BCUT2D eigenvalue weighted by atomic mass is 16.4. The highest BCUT2D eigenvalue weighted by Gasteiger charge is 2.45. The Morgan fingerprint density at radius 2 is 2.12 bits per heavy atom. The van der Waals surface area contributed by atoms with Gasteiger partial charge in [0.05, 0.1) is 5.56 Å².